The lowest BCUT2D eigenvalue weighted by molar-refractivity contribution is 0.281. The minimum atomic E-state index is -0.783. The summed E-state index contributed by atoms with van der Waals surface area (Å²) in [6.07, 6.45) is -0.171. The fourth-order valence-corrected chi connectivity index (χ4v) is 1.87. The lowest BCUT2D eigenvalue weighted by atomic mass is 9.97. The van der Waals surface area contributed by atoms with Crippen molar-refractivity contribution in [1.29, 1.82) is 0 Å². The summed E-state index contributed by atoms with van der Waals surface area (Å²) in [6.45, 7) is 1.15. The fourth-order valence-electron chi connectivity index (χ4n) is 1.87. The average Bonchev–Trinajstić information content (AvgIpc) is 2.56. The number of benzene rings is 1. The average molecular weight is 195 g/mol. The highest BCUT2D eigenvalue weighted by Crippen LogP contribution is 2.23. The number of alkyl halides is 1. The van der Waals surface area contributed by atoms with E-state index in [1.165, 1.54) is 0 Å². The van der Waals surface area contributed by atoms with E-state index >= 15 is 0 Å². The number of phenolic OH excluding ortho intramolecular Hbond substituents is 1. The first-order chi connectivity index (χ1) is 6.77. The van der Waals surface area contributed by atoms with Crippen LogP contribution in [0.1, 0.15) is 5.56 Å². The normalized spacial score (nSPS) is 26.6. The smallest absolute Gasteiger partial charge is 0.118 e. The summed E-state index contributed by atoms with van der Waals surface area (Å²) in [7, 11) is 0. The number of halogens is 1. The van der Waals surface area contributed by atoms with Gasteiger partial charge in [0, 0.05) is 19.0 Å². The molecule has 0 amide bonds. The number of hydrogen-bond donors (Lipinski definition) is 2. The zero-order valence-electron chi connectivity index (χ0n) is 7.91. The molecule has 0 aromatic heterocycles. The second-order valence-electron chi connectivity index (χ2n) is 3.77. The van der Waals surface area contributed by atoms with E-state index in [0.29, 0.717) is 19.5 Å². The maximum Gasteiger partial charge on any atom is 0.118 e. The predicted molar refractivity (Wildman–Crippen MR) is 53.1 cm³/mol. The van der Waals surface area contributed by atoms with Crippen molar-refractivity contribution < 1.29 is 9.50 Å². The summed E-state index contributed by atoms with van der Waals surface area (Å²) in [6, 6.07) is 7.13. The Morgan fingerprint density at radius 2 is 2.14 bits per heavy atom. The molecule has 2 unspecified atom stereocenters. The zero-order valence-corrected chi connectivity index (χ0v) is 7.91. The Labute approximate surface area is 82.8 Å². The van der Waals surface area contributed by atoms with Crippen molar-refractivity contribution in [2.75, 3.05) is 13.1 Å². The van der Waals surface area contributed by atoms with E-state index in [0.717, 1.165) is 5.56 Å². The van der Waals surface area contributed by atoms with Crippen LogP contribution < -0.4 is 5.32 Å². The molecule has 2 N–H and O–H groups in total. The molecule has 0 radical (unpaired) electrons. The molecule has 0 spiro atoms. The highest BCUT2D eigenvalue weighted by atomic mass is 19.1. The summed E-state index contributed by atoms with van der Waals surface area (Å²) in [4.78, 5) is 0. The molecule has 2 nitrogen and oxygen atoms in total. The number of phenols is 1. The van der Waals surface area contributed by atoms with Crippen molar-refractivity contribution in [1.82, 2.24) is 5.32 Å². The molecule has 1 aliphatic heterocycles. The lowest BCUT2D eigenvalue weighted by Gasteiger charge is -2.12. The van der Waals surface area contributed by atoms with Gasteiger partial charge in [-0.1, -0.05) is 18.2 Å². The molecule has 1 aromatic carbocycles. The maximum atomic E-state index is 13.3. The number of rotatable bonds is 2. The molecule has 3 heteroatoms. The van der Waals surface area contributed by atoms with Gasteiger partial charge in [0.1, 0.15) is 11.9 Å². The summed E-state index contributed by atoms with van der Waals surface area (Å²) in [5, 5.41) is 12.5. The molecule has 1 heterocycles. The molecule has 0 saturated carbocycles. The van der Waals surface area contributed by atoms with Crippen LogP contribution in [0.25, 0.3) is 0 Å². The van der Waals surface area contributed by atoms with E-state index in [1.54, 1.807) is 12.1 Å². The van der Waals surface area contributed by atoms with Crippen LogP contribution in [0.5, 0.6) is 5.75 Å². The van der Waals surface area contributed by atoms with Crippen molar-refractivity contribution in [3.8, 4) is 5.75 Å². The van der Waals surface area contributed by atoms with E-state index in [1.807, 2.05) is 12.1 Å². The molecular formula is C11H14FNO. The molecule has 1 saturated heterocycles. The van der Waals surface area contributed by atoms with E-state index in [2.05, 4.69) is 5.32 Å². The van der Waals surface area contributed by atoms with Crippen LogP contribution in [0, 0.1) is 5.92 Å². The van der Waals surface area contributed by atoms with Gasteiger partial charge in [-0.2, -0.15) is 0 Å². The van der Waals surface area contributed by atoms with Crippen LogP contribution in [0.15, 0.2) is 24.3 Å². The van der Waals surface area contributed by atoms with Crippen molar-refractivity contribution in [2.24, 2.45) is 5.92 Å². The monoisotopic (exact) mass is 195 g/mol. The van der Waals surface area contributed by atoms with E-state index in [9.17, 15) is 9.50 Å². The van der Waals surface area contributed by atoms with E-state index in [4.69, 9.17) is 0 Å². The minimum Gasteiger partial charge on any atom is -0.508 e. The zero-order chi connectivity index (χ0) is 9.97. The number of aromatic hydroxyl groups is 1. The Morgan fingerprint density at radius 1 is 1.36 bits per heavy atom. The lowest BCUT2D eigenvalue weighted by Crippen LogP contribution is -2.15. The summed E-state index contributed by atoms with van der Waals surface area (Å²) in [5.74, 6) is 0.273. The van der Waals surface area contributed by atoms with Gasteiger partial charge in [-0.3, -0.25) is 0 Å². The van der Waals surface area contributed by atoms with Crippen LogP contribution in [-0.2, 0) is 6.42 Å². The van der Waals surface area contributed by atoms with Gasteiger partial charge in [-0.25, -0.2) is 4.39 Å². The Bertz CT molecular complexity index is 316. The van der Waals surface area contributed by atoms with Crippen molar-refractivity contribution >= 4 is 0 Å². The first kappa shape index (κ1) is 9.46. The predicted octanol–water partition coefficient (Wildman–Crippen LogP) is 1.49. The molecular weight excluding hydrogens is 181 g/mol. The minimum absolute atomic E-state index is 0.00306. The quantitative estimate of drug-likeness (QED) is 0.749. The molecule has 0 aliphatic carbocycles. The third-order valence-electron chi connectivity index (χ3n) is 2.73. The SMILES string of the molecule is Oc1ccccc1CC1CNCC1F. The number of hydrogen-bond acceptors (Lipinski definition) is 2. The Hall–Kier alpha value is -1.09. The summed E-state index contributed by atoms with van der Waals surface area (Å²) >= 11 is 0. The topological polar surface area (TPSA) is 32.3 Å². The van der Waals surface area contributed by atoms with Crippen molar-refractivity contribution in [2.45, 2.75) is 12.6 Å². The largest absolute Gasteiger partial charge is 0.508 e. The Kier molecular flexibility index (Phi) is 2.68. The first-order valence-electron chi connectivity index (χ1n) is 4.89. The van der Waals surface area contributed by atoms with Gasteiger partial charge in [0.25, 0.3) is 0 Å². The van der Waals surface area contributed by atoms with Crippen LogP contribution in [0.4, 0.5) is 4.39 Å². The summed E-state index contributed by atoms with van der Waals surface area (Å²) in [5.41, 5.74) is 0.837. The van der Waals surface area contributed by atoms with Gasteiger partial charge in [0.05, 0.1) is 0 Å². The Morgan fingerprint density at radius 3 is 2.79 bits per heavy atom. The molecule has 1 fully saturated rings. The second-order valence-corrected chi connectivity index (χ2v) is 3.77. The molecule has 1 aromatic rings. The number of para-hydroxylation sites is 1. The molecule has 2 atom stereocenters. The van der Waals surface area contributed by atoms with Crippen LogP contribution in [-0.4, -0.2) is 24.4 Å². The first-order valence-corrected chi connectivity index (χ1v) is 4.89. The van der Waals surface area contributed by atoms with Gasteiger partial charge in [0.2, 0.25) is 0 Å². The van der Waals surface area contributed by atoms with Crippen molar-refractivity contribution in [3.63, 3.8) is 0 Å². The highest BCUT2D eigenvalue weighted by molar-refractivity contribution is 5.32. The van der Waals surface area contributed by atoms with Crippen LogP contribution >= 0.6 is 0 Å². The molecule has 2 rings (SSSR count). The van der Waals surface area contributed by atoms with Gasteiger partial charge in [0.15, 0.2) is 0 Å². The van der Waals surface area contributed by atoms with E-state index in [-0.39, 0.29) is 11.7 Å². The molecule has 1 aliphatic rings. The van der Waals surface area contributed by atoms with E-state index < -0.39 is 6.17 Å². The van der Waals surface area contributed by atoms with Gasteiger partial charge in [-0.05, 0) is 18.1 Å². The third kappa shape index (κ3) is 1.87. The van der Waals surface area contributed by atoms with Gasteiger partial charge >= 0.3 is 0 Å². The maximum absolute atomic E-state index is 13.3. The number of nitrogens with one attached hydrogen (secondary N) is 1. The van der Waals surface area contributed by atoms with Crippen LogP contribution in [0.3, 0.4) is 0 Å². The highest BCUT2D eigenvalue weighted by Gasteiger charge is 2.27. The summed E-state index contributed by atoms with van der Waals surface area (Å²) < 4.78 is 13.3. The van der Waals surface area contributed by atoms with Gasteiger partial charge < -0.3 is 10.4 Å². The van der Waals surface area contributed by atoms with Crippen LogP contribution in [0.2, 0.25) is 0 Å². The second kappa shape index (κ2) is 3.96. The molecule has 76 valence electrons. The fraction of sp³-hybridized carbons (Fsp3) is 0.455. The molecule has 0 bridgehead atoms. The van der Waals surface area contributed by atoms with Crippen molar-refractivity contribution in [3.05, 3.63) is 29.8 Å². The molecule has 14 heavy (non-hydrogen) atoms. The van der Waals surface area contributed by atoms with Gasteiger partial charge in [-0.15, -0.1) is 0 Å². The Balaban J connectivity index is 2.07. The standard InChI is InChI=1S/C11H14FNO/c12-10-7-13-6-9(10)5-8-3-1-2-4-11(8)14/h1-4,9-10,13-14H,5-7H2. The third-order valence-corrected chi connectivity index (χ3v) is 2.73.